The van der Waals surface area contributed by atoms with E-state index in [0.29, 0.717) is 24.0 Å². The predicted molar refractivity (Wildman–Crippen MR) is 160 cm³/mol. The lowest BCUT2D eigenvalue weighted by Crippen LogP contribution is -2.53. The highest BCUT2D eigenvalue weighted by Crippen LogP contribution is 2.29. The summed E-state index contributed by atoms with van der Waals surface area (Å²) in [7, 11) is -3.93. The van der Waals surface area contributed by atoms with Crippen LogP contribution in [0.5, 0.6) is 0 Å². The topological polar surface area (TPSA) is 86.8 Å². The highest BCUT2D eigenvalue weighted by Gasteiger charge is 2.33. The summed E-state index contributed by atoms with van der Waals surface area (Å²) in [6.45, 7) is 1.55. The third-order valence-corrected chi connectivity index (χ3v) is 7.96. The van der Waals surface area contributed by atoms with Gasteiger partial charge in [-0.15, -0.1) is 0 Å². The van der Waals surface area contributed by atoms with Crippen LogP contribution in [-0.2, 0) is 32.6 Å². The van der Waals surface area contributed by atoms with Gasteiger partial charge in [-0.25, -0.2) is 12.8 Å². The fourth-order valence-corrected chi connectivity index (χ4v) is 5.61. The summed E-state index contributed by atoms with van der Waals surface area (Å²) in [4.78, 5) is 29.0. The zero-order valence-corrected chi connectivity index (χ0v) is 24.0. The molecular weight excluding hydrogens is 541 g/mol. The van der Waals surface area contributed by atoms with Crippen molar-refractivity contribution in [3.63, 3.8) is 0 Å². The number of hydrogen-bond donors (Lipinski definition) is 1. The van der Waals surface area contributed by atoms with Gasteiger partial charge in [0, 0.05) is 30.5 Å². The zero-order chi connectivity index (χ0) is 29.4. The number of rotatable bonds is 12. The predicted octanol–water partition coefficient (Wildman–Crippen LogP) is 4.91. The molecule has 0 aliphatic rings. The maximum absolute atomic E-state index is 14.9. The van der Waals surface area contributed by atoms with Gasteiger partial charge in [0.1, 0.15) is 18.4 Å². The fraction of sp³-hybridized carbons (Fsp3) is 0.250. The SMILES string of the molecule is CCCNC(=O)[C@H](Cc1ccccc1)N(Cc1ccccc1F)C(=O)CN(c1cccc2ccccc12)S(C)(=O)=O. The largest absolute Gasteiger partial charge is 0.354 e. The number of benzene rings is 4. The van der Waals surface area contributed by atoms with Crippen LogP contribution in [0.3, 0.4) is 0 Å². The highest BCUT2D eigenvalue weighted by atomic mass is 32.2. The number of carbonyl (C=O) groups excluding carboxylic acids is 2. The van der Waals surface area contributed by atoms with E-state index in [4.69, 9.17) is 0 Å². The van der Waals surface area contributed by atoms with E-state index in [-0.39, 0.29) is 18.5 Å². The van der Waals surface area contributed by atoms with Gasteiger partial charge < -0.3 is 10.2 Å². The summed E-state index contributed by atoms with van der Waals surface area (Å²) in [5.74, 6) is -1.54. The van der Waals surface area contributed by atoms with Crippen LogP contribution in [0.25, 0.3) is 10.8 Å². The van der Waals surface area contributed by atoms with Gasteiger partial charge in [-0.2, -0.15) is 0 Å². The van der Waals surface area contributed by atoms with Crippen LogP contribution in [0.15, 0.2) is 97.1 Å². The molecule has 4 aromatic carbocycles. The molecule has 4 aromatic rings. The van der Waals surface area contributed by atoms with E-state index < -0.39 is 40.2 Å². The van der Waals surface area contributed by atoms with Crippen molar-refractivity contribution < 1.29 is 22.4 Å². The Morgan fingerprint density at radius 3 is 2.24 bits per heavy atom. The Morgan fingerprint density at radius 1 is 0.878 bits per heavy atom. The van der Waals surface area contributed by atoms with E-state index in [1.807, 2.05) is 55.5 Å². The second kappa shape index (κ2) is 13.4. The molecular formula is C32H34FN3O4S. The Balaban J connectivity index is 1.78. The molecule has 9 heteroatoms. The summed E-state index contributed by atoms with van der Waals surface area (Å²) in [6.07, 6.45) is 1.90. The first-order valence-electron chi connectivity index (χ1n) is 13.5. The first kappa shape index (κ1) is 29.7. The van der Waals surface area contributed by atoms with Crippen molar-refractivity contribution >= 4 is 38.3 Å². The van der Waals surface area contributed by atoms with Crippen molar-refractivity contribution in [2.24, 2.45) is 0 Å². The molecule has 0 saturated carbocycles. The quantitative estimate of drug-likeness (QED) is 0.260. The fourth-order valence-electron chi connectivity index (χ4n) is 4.75. The molecule has 0 saturated heterocycles. The van der Waals surface area contributed by atoms with Gasteiger partial charge in [0.05, 0.1) is 11.9 Å². The molecule has 0 aliphatic heterocycles. The molecule has 0 radical (unpaired) electrons. The van der Waals surface area contributed by atoms with Crippen molar-refractivity contribution in [2.45, 2.75) is 32.4 Å². The van der Waals surface area contributed by atoms with Crippen molar-refractivity contribution in [2.75, 3.05) is 23.7 Å². The van der Waals surface area contributed by atoms with Crippen molar-refractivity contribution in [1.82, 2.24) is 10.2 Å². The number of hydrogen-bond acceptors (Lipinski definition) is 4. The molecule has 7 nitrogen and oxygen atoms in total. The summed E-state index contributed by atoms with van der Waals surface area (Å²) < 4.78 is 42.1. The lowest BCUT2D eigenvalue weighted by atomic mass is 10.0. The number of amides is 2. The van der Waals surface area contributed by atoms with Gasteiger partial charge >= 0.3 is 0 Å². The zero-order valence-electron chi connectivity index (χ0n) is 23.2. The van der Waals surface area contributed by atoms with Gasteiger partial charge in [0.25, 0.3) is 0 Å². The monoisotopic (exact) mass is 575 g/mol. The molecule has 0 aromatic heterocycles. The van der Waals surface area contributed by atoms with Crippen LogP contribution in [0.1, 0.15) is 24.5 Å². The van der Waals surface area contributed by atoms with Gasteiger partial charge in [-0.05, 0) is 29.5 Å². The molecule has 0 aliphatic carbocycles. The average Bonchev–Trinajstić information content (AvgIpc) is 2.97. The van der Waals surface area contributed by atoms with Crippen LogP contribution >= 0.6 is 0 Å². The highest BCUT2D eigenvalue weighted by molar-refractivity contribution is 7.92. The molecule has 0 heterocycles. The minimum atomic E-state index is -3.93. The number of halogens is 1. The molecule has 2 amide bonds. The van der Waals surface area contributed by atoms with Gasteiger partial charge in [-0.3, -0.25) is 13.9 Å². The van der Waals surface area contributed by atoms with Crippen molar-refractivity contribution in [1.29, 1.82) is 0 Å². The first-order chi connectivity index (χ1) is 19.7. The van der Waals surface area contributed by atoms with Crippen LogP contribution < -0.4 is 9.62 Å². The maximum atomic E-state index is 14.9. The summed E-state index contributed by atoms with van der Waals surface area (Å²) in [5.41, 5.74) is 1.38. The number of carbonyl (C=O) groups is 2. The van der Waals surface area contributed by atoms with Crippen LogP contribution in [0.4, 0.5) is 10.1 Å². The van der Waals surface area contributed by atoms with E-state index in [1.165, 1.54) is 11.0 Å². The summed E-state index contributed by atoms with van der Waals surface area (Å²) >= 11 is 0. The molecule has 214 valence electrons. The smallest absolute Gasteiger partial charge is 0.244 e. The lowest BCUT2D eigenvalue weighted by molar-refractivity contribution is -0.140. The lowest BCUT2D eigenvalue weighted by Gasteiger charge is -2.33. The molecule has 1 atom stereocenters. The van der Waals surface area contributed by atoms with Crippen molar-refractivity contribution in [3.8, 4) is 0 Å². The molecule has 4 rings (SSSR count). The Morgan fingerprint density at radius 2 is 1.54 bits per heavy atom. The minimum Gasteiger partial charge on any atom is -0.354 e. The number of fused-ring (bicyclic) bond motifs is 1. The Labute approximate surface area is 240 Å². The average molecular weight is 576 g/mol. The number of nitrogens with one attached hydrogen (secondary N) is 1. The second-order valence-corrected chi connectivity index (χ2v) is 11.8. The Bertz CT molecular complexity index is 1610. The van der Waals surface area contributed by atoms with Crippen LogP contribution in [-0.4, -0.2) is 50.5 Å². The Kier molecular flexibility index (Phi) is 9.73. The standard InChI is InChI=1S/C32H34FN3O4S/c1-3-20-34-32(38)30(21-24-12-5-4-6-13-24)35(22-26-15-8-10-18-28(26)33)31(37)23-36(41(2,39)40)29-19-11-16-25-14-7-9-17-27(25)29/h4-19,30H,3,20-23H2,1-2H3,(H,34,38)/t30-/m0/s1. The van der Waals surface area contributed by atoms with E-state index in [9.17, 15) is 22.4 Å². The molecule has 0 bridgehead atoms. The molecule has 1 N–H and O–H groups in total. The van der Waals surface area contributed by atoms with E-state index in [2.05, 4.69) is 5.32 Å². The third kappa shape index (κ3) is 7.49. The maximum Gasteiger partial charge on any atom is 0.244 e. The number of sulfonamides is 1. The summed E-state index contributed by atoms with van der Waals surface area (Å²) in [6, 6.07) is 26.8. The minimum absolute atomic E-state index is 0.170. The summed E-state index contributed by atoms with van der Waals surface area (Å²) in [5, 5.41) is 4.35. The molecule has 41 heavy (non-hydrogen) atoms. The van der Waals surface area contributed by atoms with E-state index >= 15 is 0 Å². The number of anilines is 1. The van der Waals surface area contributed by atoms with Crippen LogP contribution in [0.2, 0.25) is 0 Å². The third-order valence-electron chi connectivity index (χ3n) is 6.83. The second-order valence-electron chi connectivity index (χ2n) is 9.88. The Hall–Kier alpha value is -4.24. The number of nitrogens with zero attached hydrogens (tertiary/aromatic N) is 2. The van der Waals surface area contributed by atoms with E-state index in [0.717, 1.165) is 21.5 Å². The molecule has 0 spiro atoms. The van der Waals surface area contributed by atoms with Crippen LogP contribution in [0, 0.1) is 5.82 Å². The molecule has 0 unspecified atom stereocenters. The molecule has 0 fully saturated rings. The van der Waals surface area contributed by atoms with E-state index in [1.54, 1.807) is 42.5 Å². The van der Waals surface area contributed by atoms with Gasteiger partial charge in [0.15, 0.2) is 0 Å². The normalized spacial score (nSPS) is 12.1. The van der Waals surface area contributed by atoms with Crippen molar-refractivity contribution in [3.05, 3.63) is 114 Å². The van der Waals surface area contributed by atoms with Gasteiger partial charge in [-0.1, -0.05) is 91.9 Å². The van der Waals surface area contributed by atoms with Gasteiger partial charge in [0.2, 0.25) is 21.8 Å². The first-order valence-corrected chi connectivity index (χ1v) is 15.3.